The van der Waals surface area contributed by atoms with Crippen molar-refractivity contribution < 1.29 is 81.0 Å². The summed E-state index contributed by atoms with van der Waals surface area (Å²) >= 11 is 4.19. The first-order valence-corrected chi connectivity index (χ1v) is 25.0. The van der Waals surface area contributed by atoms with Gasteiger partial charge in [-0.2, -0.15) is 12.6 Å². The molecular formula is C54H61FN2O16S. The average molecular weight is 1050 g/mol. The molecule has 11 atom stereocenters. The van der Waals surface area contributed by atoms with Gasteiger partial charge in [0.25, 0.3) is 5.91 Å². The van der Waals surface area contributed by atoms with E-state index in [0.29, 0.717) is 5.56 Å². The molecule has 74 heavy (non-hydrogen) atoms. The highest BCUT2D eigenvalue weighted by Crippen LogP contribution is 2.65. The Labute approximate surface area is 432 Å². The maximum atomic E-state index is 16.2. The Morgan fingerprint density at radius 1 is 0.865 bits per heavy atom. The van der Waals surface area contributed by atoms with Crippen molar-refractivity contribution in [3.63, 3.8) is 0 Å². The second-order valence-electron chi connectivity index (χ2n) is 19.6. The van der Waals surface area contributed by atoms with Crippen LogP contribution in [0, 0.1) is 22.6 Å². The topological polar surface area (TPSA) is 245 Å². The number of halogens is 1. The summed E-state index contributed by atoms with van der Waals surface area (Å²) in [6.45, 7) is 9.77. The fourth-order valence-electron chi connectivity index (χ4n) is 11.1. The third-order valence-corrected chi connectivity index (χ3v) is 15.1. The lowest BCUT2D eigenvalue weighted by Crippen LogP contribution is -2.82. The Hall–Kier alpha value is -6.64. The van der Waals surface area contributed by atoms with Crippen LogP contribution in [-0.2, 0) is 57.1 Å². The molecule has 3 N–H and O–H groups in total. The molecular weight excluding hydrogens is 984 g/mol. The first-order chi connectivity index (χ1) is 35.1. The van der Waals surface area contributed by atoms with Crippen LogP contribution in [0.15, 0.2) is 96.1 Å². The van der Waals surface area contributed by atoms with Gasteiger partial charge in [-0.05, 0) is 73.9 Å². The molecule has 3 aliphatic carbocycles. The third kappa shape index (κ3) is 10.3. The van der Waals surface area contributed by atoms with Crippen LogP contribution in [0.2, 0.25) is 0 Å². The number of carbonyl (C=O) groups excluding carboxylic acids is 8. The summed E-state index contributed by atoms with van der Waals surface area (Å²) in [6, 6.07) is 19.1. The number of amides is 2. The predicted molar refractivity (Wildman–Crippen MR) is 263 cm³/mol. The molecule has 1 heterocycles. The van der Waals surface area contributed by atoms with Crippen molar-refractivity contribution >= 4 is 60.3 Å². The Kier molecular flexibility index (Phi) is 16.4. The van der Waals surface area contributed by atoms with E-state index in [9.17, 15) is 38.3 Å². The summed E-state index contributed by atoms with van der Waals surface area (Å²) in [5.41, 5.74) is -8.21. The van der Waals surface area contributed by atoms with Crippen LogP contribution in [0.4, 0.5) is 9.18 Å². The normalized spacial score (nSPS) is 28.4. The number of hydrogen-bond donors (Lipinski definition) is 4. The molecule has 4 aliphatic rings. The van der Waals surface area contributed by atoms with Crippen LogP contribution < -0.4 is 10.6 Å². The number of nitrogens with one attached hydrogen (secondary N) is 2. The number of ketones is 1. The lowest BCUT2D eigenvalue weighted by Gasteiger charge is -2.67. The van der Waals surface area contributed by atoms with Crippen molar-refractivity contribution in [1.29, 1.82) is 0 Å². The van der Waals surface area contributed by atoms with Crippen molar-refractivity contribution in [2.75, 3.05) is 18.9 Å². The number of Topliss-reactive ketones (excluding diaryl/α,β-unsaturated/α-hetero) is 1. The predicted octanol–water partition coefficient (Wildman–Crippen LogP) is 5.89. The minimum absolute atomic E-state index is 0.0480. The van der Waals surface area contributed by atoms with Gasteiger partial charge >= 0.3 is 35.9 Å². The first-order valence-electron chi connectivity index (χ1n) is 24.4. The summed E-state index contributed by atoms with van der Waals surface area (Å²) in [6.07, 6.45) is -12.7. The van der Waals surface area contributed by atoms with Gasteiger partial charge in [0, 0.05) is 49.5 Å². The van der Waals surface area contributed by atoms with E-state index in [0.717, 1.165) is 31.2 Å². The molecule has 3 aromatic carbocycles. The van der Waals surface area contributed by atoms with Crippen LogP contribution in [0.1, 0.15) is 106 Å². The summed E-state index contributed by atoms with van der Waals surface area (Å²) < 4.78 is 57.5. The Bertz CT molecular complexity index is 2690. The summed E-state index contributed by atoms with van der Waals surface area (Å²) in [7, 11) is 0. The number of fused-ring (bicyclic) bond motifs is 5. The minimum atomic E-state index is -2.58. The minimum Gasteiger partial charge on any atom is -0.461 e. The van der Waals surface area contributed by atoms with Crippen LogP contribution in [-0.4, -0.2) is 119 Å². The average Bonchev–Trinajstić information content (AvgIpc) is 3.36. The smallest absolute Gasteiger partial charge is 0.408 e. The van der Waals surface area contributed by atoms with E-state index in [1.807, 2.05) is 0 Å². The molecule has 3 fully saturated rings. The number of esters is 5. The highest BCUT2D eigenvalue weighted by atomic mass is 32.1. The van der Waals surface area contributed by atoms with E-state index < -0.39 is 137 Å². The molecule has 20 heteroatoms. The molecule has 1 unspecified atom stereocenters. The maximum absolute atomic E-state index is 16.2. The van der Waals surface area contributed by atoms with Crippen molar-refractivity contribution in [3.8, 4) is 0 Å². The fraction of sp³-hybridized carbons (Fsp3) is 0.481. The molecule has 2 saturated carbocycles. The van der Waals surface area contributed by atoms with Crippen LogP contribution in [0.3, 0.4) is 0 Å². The lowest BCUT2D eigenvalue weighted by molar-refractivity contribution is -0.346. The number of hydrogen-bond acceptors (Lipinski definition) is 17. The van der Waals surface area contributed by atoms with Gasteiger partial charge in [-0.3, -0.25) is 24.0 Å². The number of thiol groups is 1. The zero-order valence-electron chi connectivity index (χ0n) is 42.0. The summed E-state index contributed by atoms with van der Waals surface area (Å²) in [5.74, 6) is -8.85. The van der Waals surface area contributed by atoms with E-state index in [2.05, 4.69) is 23.3 Å². The van der Waals surface area contributed by atoms with E-state index in [1.165, 1.54) is 46.8 Å². The van der Waals surface area contributed by atoms with Crippen molar-refractivity contribution in [1.82, 2.24) is 10.6 Å². The van der Waals surface area contributed by atoms with Gasteiger partial charge in [-0.1, -0.05) is 69.3 Å². The first kappa shape index (κ1) is 55.1. The molecule has 2 bridgehead atoms. The Balaban J connectivity index is 1.47. The highest BCUT2D eigenvalue weighted by Gasteiger charge is 2.79. The molecule has 18 nitrogen and oxygen atoms in total. The number of benzene rings is 3. The SMILES string of the molecule is CCNC(=O)O[C@@H](C(=O)O[C@H]1C[C@@]2(O)[C@@H](OC(=O)c3ccc(F)cc3)C3[C@](C)(C(=O)[C@H](OC(=O)CC)C(=C1C)C2(C)C)[C@@H](OC(=O)CCS)C[C@H]1OC[C@@]31OC(C)=O)[C@@H](NC(=O)c1ccccc1)c1ccccc1. The van der Waals surface area contributed by atoms with Crippen LogP contribution >= 0.6 is 12.6 Å². The van der Waals surface area contributed by atoms with Gasteiger partial charge in [0.2, 0.25) is 6.10 Å². The van der Waals surface area contributed by atoms with Gasteiger partial charge in [-0.15, -0.1) is 0 Å². The quantitative estimate of drug-likeness (QED) is 0.0566. The lowest BCUT2D eigenvalue weighted by atomic mass is 9.44. The van der Waals surface area contributed by atoms with E-state index in [-0.39, 0.29) is 53.8 Å². The molecule has 3 aromatic rings. The number of aliphatic hydroxyl groups is 1. The number of ether oxygens (including phenoxy) is 7. The van der Waals surface area contributed by atoms with E-state index in [4.69, 9.17) is 33.2 Å². The van der Waals surface area contributed by atoms with Crippen LogP contribution in [0.25, 0.3) is 0 Å². The van der Waals surface area contributed by atoms with Crippen molar-refractivity contribution in [3.05, 3.63) is 119 Å². The van der Waals surface area contributed by atoms with Gasteiger partial charge in [0.1, 0.15) is 41.9 Å². The second kappa shape index (κ2) is 22.1. The third-order valence-electron chi connectivity index (χ3n) is 14.9. The zero-order valence-corrected chi connectivity index (χ0v) is 42.9. The van der Waals surface area contributed by atoms with Gasteiger partial charge in [0.15, 0.2) is 17.5 Å². The van der Waals surface area contributed by atoms with Crippen molar-refractivity contribution in [2.45, 2.75) is 128 Å². The second-order valence-corrected chi connectivity index (χ2v) is 20.0. The highest BCUT2D eigenvalue weighted by molar-refractivity contribution is 7.80. The monoisotopic (exact) mass is 1040 g/mol. The van der Waals surface area contributed by atoms with E-state index >= 15 is 9.59 Å². The standard InChI is InChI=1S/C54H61FN2O16S/c1-8-38(59)70-42-40-29(3)35(68-49(64)43(71-50(65)56-9-2)41(31-16-12-10-13-17-31)57-47(62)32-18-14-11-15-19-32)27-54(66,51(40,5)6)46(72-48(63)33-20-22-34(55)23-21-33)44-52(7,45(42)61)36(69-39(60)24-25-74)26-37-53(44,28-67-37)73-30(4)58/h10-23,35-37,41-44,46,66,74H,8-9,24-28H2,1-7H3,(H,56,65)(H,57,62)/t35-,36-,37+,41-,42+,43+,44?,46-,52+,53-,54+/m0/s1. The molecule has 0 aromatic heterocycles. The molecule has 2 amide bonds. The number of carbonyl (C=O) groups is 8. The maximum Gasteiger partial charge on any atom is 0.408 e. The van der Waals surface area contributed by atoms with Crippen LogP contribution in [0.5, 0.6) is 0 Å². The number of rotatable bonds is 16. The summed E-state index contributed by atoms with van der Waals surface area (Å²) in [4.78, 5) is 114. The largest absolute Gasteiger partial charge is 0.461 e. The number of alkyl carbamates (subject to hydrolysis) is 1. The molecule has 0 radical (unpaired) electrons. The molecule has 396 valence electrons. The zero-order chi connectivity index (χ0) is 53.9. The van der Waals surface area contributed by atoms with E-state index in [1.54, 1.807) is 55.5 Å². The van der Waals surface area contributed by atoms with Gasteiger partial charge in [0.05, 0.1) is 29.9 Å². The Morgan fingerprint density at radius 3 is 2.09 bits per heavy atom. The van der Waals surface area contributed by atoms with Gasteiger partial charge < -0.3 is 48.9 Å². The fourth-order valence-corrected chi connectivity index (χ4v) is 11.3. The molecule has 0 spiro atoms. The summed E-state index contributed by atoms with van der Waals surface area (Å²) in [5, 5.41) is 19.4. The van der Waals surface area contributed by atoms with Crippen molar-refractivity contribution in [2.24, 2.45) is 16.7 Å². The molecule has 7 rings (SSSR count). The Morgan fingerprint density at radius 2 is 1.51 bits per heavy atom. The molecule has 1 aliphatic heterocycles. The van der Waals surface area contributed by atoms with Gasteiger partial charge in [-0.25, -0.2) is 18.8 Å². The molecule has 1 saturated heterocycles.